The lowest BCUT2D eigenvalue weighted by Gasteiger charge is -2.10. The minimum atomic E-state index is -0.614. The molecule has 0 radical (unpaired) electrons. The standard InChI is InChI=1S/C13H16N4O/c1-10-6-16-13(17-7-10)9-14-8-12(18)11-4-2-3-5-15-11/h2-7,12,14,18H,8-9H2,1H3/t12-/m0/s1. The lowest BCUT2D eigenvalue weighted by Crippen LogP contribution is -2.22. The maximum absolute atomic E-state index is 9.88. The number of aryl methyl sites for hydroxylation is 1. The Labute approximate surface area is 106 Å². The summed E-state index contributed by atoms with van der Waals surface area (Å²) < 4.78 is 0. The summed E-state index contributed by atoms with van der Waals surface area (Å²) in [7, 11) is 0. The third-order valence-corrected chi connectivity index (χ3v) is 2.48. The van der Waals surface area contributed by atoms with Crippen LogP contribution >= 0.6 is 0 Å². The molecular weight excluding hydrogens is 228 g/mol. The molecule has 0 amide bonds. The summed E-state index contributed by atoms with van der Waals surface area (Å²) in [4.78, 5) is 12.4. The Balaban J connectivity index is 1.80. The van der Waals surface area contributed by atoms with E-state index in [0.29, 0.717) is 24.6 Å². The van der Waals surface area contributed by atoms with Gasteiger partial charge in [0.25, 0.3) is 0 Å². The van der Waals surface area contributed by atoms with Gasteiger partial charge in [-0.3, -0.25) is 4.98 Å². The van der Waals surface area contributed by atoms with Crippen LogP contribution in [0.25, 0.3) is 0 Å². The first-order chi connectivity index (χ1) is 8.75. The second-order valence-electron chi connectivity index (χ2n) is 4.08. The molecule has 2 aromatic rings. The van der Waals surface area contributed by atoms with Crippen molar-refractivity contribution >= 4 is 0 Å². The van der Waals surface area contributed by atoms with Crippen LogP contribution in [0, 0.1) is 6.92 Å². The van der Waals surface area contributed by atoms with E-state index in [1.807, 2.05) is 19.1 Å². The van der Waals surface area contributed by atoms with Crippen LogP contribution in [0.5, 0.6) is 0 Å². The molecule has 5 heteroatoms. The van der Waals surface area contributed by atoms with Gasteiger partial charge in [-0.15, -0.1) is 0 Å². The Morgan fingerprint density at radius 2 is 2.00 bits per heavy atom. The number of rotatable bonds is 5. The van der Waals surface area contributed by atoms with E-state index in [2.05, 4.69) is 20.3 Å². The number of aliphatic hydroxyl groups is 1. The third-order valence-electron chi connectivity index (χ3n) is 2.48. The van der Waals surface area contributed by atoms with E-state index >= 15 is 0 Å². The van der Waals surface area contributed by atoms with Gasteiger partial charge in [0.1, 0.15) is 11.9 Å². The van der Waals surface area contributed by atoms with Crippen LogP contribution < -0.4 is 5.32 Å². The number of hydrogen-bond acceptors (Lipinski definition) is 5. The second-order valence-corrected chi connectivity index (χ2v) is 4.08. The predicted molar refractivity (Wildman–Crippen MR) is 67.7 cm³/mol. The van der Waals surface area contributed by atoms with E-state index in [1.54, 1.807) is 24.7 Å². The Kier molecular flexibility index (Phi) is 4.33. The summed E-state index contributed by atoms with van der Waals surface area (Å²) in [5.41, 5.74) is 1.70. The number of hydrogen-bond donors (Lipinski definition) is 2. The fourth-order valence-corrected chi connectivity index (χ4v) is 1.51. The van der Waals surface area contributed by atoms with Gasteiger partial charge in [0.15, 0.2) is 0 Å². The molecule has 0 saturated carbocycles. The highest BCUT2D eigenvalue weighted by Gasteiger charge is 2.07. The van der Waals surface area contributed by atoms with Crippen LogP contribution in [0.1, 0.15) is 23.2 Å². The van der Waals surface area contributed by atoms with Gasteiger partial charge in [0.05, 0.1) is 12.2 Å². The van der Waals surface area contributed by atoms with Gasteiger partial charge in [-0.25, -0.2) is 9.97 Å². The highest BCUT2D eigenvalue weighted by molar-refractivity contribution is 5.07. The van der Waals surface area contributed by atoms with Crippen LogP contribution in [0.2, 0.25) is 0 Å². The van der Waals surface area contributed by atoms with Gasteiger partial charge in [-0.2, -0.15) is 0 Å². The van der Waals surface area contributed by atoms with Crippen molar-refractivity contribution in [2.45, 2.75) is 19.6 Å². The van der Waals surface area contributed by atoms with Gasteiger partial charge in [0, 0.05) is 25.1 Å². The molecule has 2 rings (SSSR count). The van der Waals surface area contributed by atoms with E-state index in [1.165, 1.54) is 0 Å². The molecule has 0 aliphatic carbocycles. The summed E-state index contributed by atoms with van der Waals surface area (Å²) in [5.74, 6) is 0.717. The van der Waals surface area contributed by atoms with Crippen LogP contribution in [0.4, 0.5) is 0 Å². The molecule has 18 heavy (non-hydrogen) atoms. The summed E-state index contributed by atoms with van der Waals surface area (Å²) in [6.45, 7) is 2.90. The highest BCUT2D eigenvalue weighted by Crippen LogP contribution is 2.07. The lowest BCUT2D eigenvalue weighted by molar-refractivity contribution is 0.169. The molecule has 1 atom stereocenters. The number of nitrogens with one attached hydrogen (secondary N) is 1. The smallest absolute Gasteiger partial charge is 0.141 e. The SMILES string of the molecule is Cc1cnc(CNC[C@H](O)c2ccccn2)nc1. The molecule has 0 bridgehead atoms. The average molecular weight is 244 g/mol. The average Bonchev–Trinajstić information content (AvgIpc) is 2.42. The molecule has 2 N–H and O–H groups in total. The summed E-state index contributed by atoms with van der Waals surface area (Å²) in [6.07, 6.45) is 4.61. The zero-order valence-corrected chi connectivity index (χ0v) is 10.2. The van der Waals surface area contributed by atoms with Crippen molar-refractivity contribution in [1.29, 1.82) is 0 Å². The van der Waals surface area contributed by atoms with E-state index < -0.39 is 6.10 Å². The second kappa shape index (κ2) is 6.18. The van der Waals surface area contributed by atoms with E-state index in [-0.39, 0.29) is 0 Å². The van der Waals surface area contributed by atoms with Crippen molar-refractivity contribution < 1.29 is 5.11 Å². The molecule has 2 aromatic heterocycles. The molecule has 0 aliphatic rings. The van der Waals surface area contributed by atoms with E-state index in [9.17, 15) is 5.11 Å². The van der Waals surface area contributed by atoms with Gasteiger partial charge in [-0.1, -0.05) is 6.07 Å². The molecule has 0 aromatic carbocycles. The summed E-state index contributed by atoms with van der Waals surface area (Å²) in [5, 5.41) is 13.0. The van der Waals surface area contributed by atoms with Crippen molar-refractivity contribution in [2.75, 3.05) is 6.54 Å². The van der Waals surface area contributed by atoms with Crippen LogP contribution in [-0.2, 0) is 6.54 Å². The topological polar surface area (TPSA) is 70.9 Å². The van der Waals surface area contributed by atoms with Crippen LogP contribution in [0.15, 0.2) is 36.8 Å². The quantitative estimate of drug-likeness (QED) is 0.821. The Morgan fingerprint density at radius 1 is 1.22 bits per heavy atom. The van der Waals surface area contributed by atoms with Crippen molar-refractivity contribution in [2.24, 2.45) is 0 Å². The number of aromatic nitrogens is 3. The molecule has 0 aliphatic heterocycles. The maximum atomic E-state index is 9.88. The molecule has 2 heterocycles. The number of aliphatic hydroxyl groups excluding tert-OH is 1. The predicted octanol–water partition coefficient (Wildman–Crippen LogP) is 1.00. The van der Waals surface area contributed by atoms with Gasteiger partial charge < -0.3 is 10.4 Å². The molecule has 94 valence electrons. The lowest BCUT2D eigenvalue weighted by atomic mass is 10.2. The molecule has 0 unspecified atom stereocenters. The van der Waals surface area contributed by atoms with Crippen molar-refractivity contribution in [3.05, 3.63) is 53.9 Å². The molecule has 5 nitrogen and oxygen atoms in total. The first-order valence-corrected chi connectivity index (χ1v) is 5.83. The fraction of sp³-hybridized carbons (Fsp3) is 0.308. The minimum absolute atomic E-state index is 0.425. The first-order valence-electron chi connectivity index (χ1n) is 5.83. The summed E-state index contributed by atoms with van der Waals surface area (Å²) in [6, 6.07) is 5.48. The maximum Gasteiger partial charge on any atom is 0.141 e. The molecule has 0 saturated heterocycles. The Morgan fingerprint density at radius 3 is 2.67 bits per heavy atom. The van der Waals surface area contributed by atoms with Crippen LogP contribution in [0.3, 0.4) is 0 Å². The molecule has 0 fully saturated rings. The first kappa shape index (κ1) is 12.6. The number of nitrogens with zero attached hydrogens (tertiary/aromatic N) is 3. The van der Waals surface area contributed by atoms with E-state index in [0.717, 1.165) is 5.56 Å². The largest absolute Gasteiger partial charge is 0.385 e. The monoisotopic (exact) mass is 244 g/mol. The summed E-state index contributed by atoms with van der Waals surface area (Å²) >= 11 is 0. The van der Waals surface area contributed by atoms with Crippen molar-refractivity contribution in [3.63, 3.8) is 0 Å². The third kappa shape index (κ3) is 3.58. The van der Waals surface area contributed by atoms with Crippen molar-refractivity contribution in [3.8, 4) is 0 Å². The zero-order valence-electron chi connectivity index (χ0n) is 10.2. The minimum Gasteiger partial charge on any atom is -0.385 e. The number of pyridine rings is 1. The Hall–Kier alpha value is -1.85. The zero-order chi connectivity index (χ0) is 12.8. The highest BCUT2D eigenvalue weighted by atomic mass is 16.3. The van der Waals surface area contributed by atoms with Gasteiger partial charge in [0.2, 0.25) is 0 Å². The normalized spacial score (nSPS) is 12.3. The fourth-order valence-electron chi connectivity index (χ4n) is 1.51. The Bertz CT molecular complexity index is 472. The van der Waals surface area contributed by atoms with Crippen molar-refractivity contribution in [1.82, 2.24) is 20.3 Å². The van der Waals surface area contributed by atoms with Crippen LogP contribution in [-0.4, -0.2) is 26.6 Å². The van der Waals surface area contributed by atoms with Gasteiger partial charge in [-0.05, 0) is 24.6 Å². The van der Waals surface area contributed by atoms with E-state index in [4.69, 9.17) is 0 Å². The van der Waals surface area contributed by atoms with Gasteiger partial charge >= 0.3 is 0 Å². The molecule has 0 spiro atoms. The molecular formula is C13H16N4O.